The van der Waals surface area contributed by atoms with Crippen LogP contribution in [-0.2, 0) is 14.3 Å². The number of aliphatic hydroxyl groups is 1. The van der Waals surface area contributed by atoms with Crippen molar-refractivity contribution in [3.05, 3.63) is 12.2 Å². The van der Waals surface area contributed by atoms with Crippen LogP contribution in [0.2, 0.25) is 0 Å². The van der Waals surface area contributed by atoms with Gasteiger partial charge in [-0.15, -0.1) is 0 Å². The Bertz CT molecular complexity index is 599. The van der Waals surface area contributed by atoms with Gasteiger partial charge in [0.05, 0.1) is 0 Å². The number of esters is 1. The first-order valence-electron chi connectivity index (χ1n) is 7.54. The largest absolute Gasteiger partial charge is 0.442 e. The van der Waals surface area contributed by atoms with Crippen molar-refractivity contribution in [3.63, 3.8) is 0 Å². The van der Waals surface area contributed by atoms with Crippen LogP contribution in [0.5, 0.6) is 0 Å². The Morgan fingerprint density at radius 3 is 1.88 bits per heavy atom. The third kappa shape index (κ3) is 2.54. The number of alkyl halides is 7. The van der Waals surface area contributed by atoms with Crippen LogP contribution in [0.3, 0.4) is 0 Å². The molecule has 3 unspecified atom stereocenters. The van der Waals surface area contributed by atoms with Gasteiger partial charge in [-0.05, 0) is 26.7 Å². The molecule has 1 heterocycles. The van der Waals surface area contributed by atoms with Gasteiger partial charge in [-0.25, -0.2) is 4.79 Å². The van der Waals surface area contributed by atoms with E-state index in [9.17, 15) is 31.9 Å². The molecule has 0 aliphatic carbocycles. The fourth-order valence-corrected chi connectivity index (χ4v) is 2.99. The monoisotopic (exact) mass is 396 g/mol. The van der Waals surface area contributed by atoms with Gasteiger partial charge >= 0.3 is 24.0 Å². The number of rotatable bonds is 4. The average Bonchev–Trinajstić information content (AvgIpc) is 2.46. The van der Waals surface area contributed by atoms with Gasteiger partial charge in [0.15, 0.2) is 0 Å². The highest BCUT2D eigenvalue weighted by atomic mass is 19.4. The van der Waals surface area contributed by atoms with E-state index in [2.05, 4.69) is 16.1 Å². The Hall–Kier alpha value is -1.36. The lowest BCUT2D eigenvalue weighted by Gasteiger charge is -2.59. The van der Waals surface area contributed by atoms with Gasteiger partial charge in [0.25, 0.3) is 0 Å². The van der Waals surface area contributed by atoms with Crippen molar-refractivity contribution < 1.29 is 50.1 Å². The standard InChI is InChI=1S/C15H19F7O4/c1-6-11(25-9(23)8(3)4)13(16,17)10(5,24)26-12(7-2,14(11,18)19)15(20,21)22/h24H,3,6-7H2,1-2,4-5H3. The first-order valence-corrected chi connectivity index (χ1v) is 7.54. The minimum absolute atomic E-state index is 0.109. The molecule has 0 aromatic rings. The lowest BCUT2D eigenvalue weighted by atomic mass is 9.69. The van der Waals surface area contributed by atoms with Gasteiger partial charge in [-0.1, -0.05) is 20.4 Å². The molecule has 0 radical (unpaired) electrons. The molecule has 0 saturated carbocycles. The minimum atomic E-state index is -5.87. The number of halogens is 7. The molecule has 0 bridgehead atoms. The highest BCUT2D eigenvalue weighted by molar-refractivity contribution is 5.87. The van der Waals surface area contributed by atoms with Crippen LogP contribution in [0.15, 0.2) is 12.2 Å². The van der Waals surface area contributed by atoms with Crippen molar-refractivity contribution in [2.24, 2.45) is 0 Å². The molecule has 1 N–H and O–H groups in total. The summed E-state index contributed by atoms with van der Waals surface area (Å²) in [4.78, 5) is 11.7. The number of hydrogen-bond donors (Lipinski definition) is 1. The Kier molecular flexibility index (Phi) is 5.30. The Morgan fingerprint density at radius 1 is 1.12 bits per heavy atom. The zero-order valence-corrected chi connectivity index (χ0v) is 14.4. The lowest BCUT2D eigenvalue weighted by Crippen LogP contribution is -2.85. The molecule has 1 aliphatic rings. The number of carbonyl (C=O) groups is 1. The predicted octanol–water partition coefficient (Wildman–Crippen LogP) is 3.97. The maximum absolute atomic E-state index is 15.1. The molecule has 1 fully saturated rings. The zero-order chi connectivity index (χ0) is 21.0. The Labute approximate surface area is 144 Å². The first kappa shape index (κ1) is 22.7. The van der Waals surface area contributed by atoms with Crippen molar-refractivity contribution in [3.8, 4) is 0 Å². The SMILES string of the molecule is C=C(C)C(=O)OC1(CC)C(F)(F)C(C)(O)OC(CC)(C(F)(F)F)C1(F)F. The zero-order valence-electron chi connectivity index (χ0n) is 14.4. The first-order chi connectivity index (χ1) is 11.4. The minimum Gasteiger partial charge on any atom is -0.442 e. The van der Waals surface area contributed by atoms with E-state index in [4.69, 9.17) is 0 Å². The number of carbonyl (C=O) groups excluding carboxylic acids is 1. The topological polar surface area (TPSA) is 55.8 Å². The second-order valence-electron chi connectivity index (χ2n) is 6.26. The molecule has 1 rings (SSSR count). The van der Waals surface area contributed by atoms with Gasteiger partial charge in [0.2, 0.25) is 17.0 Å². The van der Waals surface area contributed by atoms with Crippen LogP contribution >= 0.6 is 0 Å². The molecule has 1 saturated heterocycles. The van der Waals surface area contributed by atoms with Gasteiger partial charge in [-0.3, -0.25) is 0 Å². The summed E-state index contributed by atoms with van der Waals surface area (Å²) >= 11 is 0. The summed E-state index contributed by atoms with van der Waals surface area (Å²) in [7, 11) is 0. The van der Waals surface area contributed by atoms with Crippen molar-refractivity contribution >= 4 is 5.97 Å². The van der Waals surface area contributed by atoms with Crippen LogP contribution in [0.1, 0.15) is 40.5 Å². The van der Waals surface area contributed by atoms with E-state index in [1.165, 1.54) is 0 Å². The van der Waals surface area contributed by atoms with E-state index in [1.807, 2.05) is 0 Å². The summed E-state index contributed by atoms with van der Waals surface area (Å²) in [5.41, 5.74) is -9.44. The van der Waals surface area contributed by atoms with Crippen molar-refractivity contribution in [1.29, 1.82) is 0 Å². The van der Waals surface area contributed by atoms with E-state index in [-0.39, 0.29) is 6.92 Å². The molecule has 152 valence electrons. The van der Waals surface area contributed by atoms with Crippen molar-refractivity contribution in [2.75, 3.05) is 0 Å². The van der Waals surface area contributed by atoms with Gasteiger partial charge < -0.3 is 14.6 Å². The van der Waals surface area contributed by atoms with E-state index >= 15 is 8.78 Å². The number of ether oxygens (including phenoxy) is 2. The van der Waals surface area contributed by atoms with Gasteiger partial charge in [0.1, 0.15) is 0 Å². The molecule has 4 nitrogen and oxygen atoms in total. The average molecular weight is 396 g/mol. The fourth-order valence-electron chi connectivity index (χ4n) is 2.99. The smallest absolute Gasteiger partial charge is 0.423 e. The van der Waals surface area contributed by atoms with E-state index < -0.39 is 59.4 Å². The fraction of sp³-hybridized carbons (Fsp3) is 0.800. The molecule has 26 heavy (non-hydrogen) atoms. The Morgan fingerprint density at radius 2 is 1.58 bits per heavy atom. The molecule has 0 aromatic heterocycles. The van der Waals surface area contributed by atoms with E-state index in [1.54, 1.807) is 0 Å². The van der Waals surface area contributed by atoms with Crippen LogP contribution in [0, 0.1) is 0 Å². The maximum Gasteiger partial charge on any atom is 0.423 e. The molecule has 11 heteroatoms. The van der Waals surface area contributed by atoms with Crippen LogP contribution in [-0.4, -0.2) is 46.1 Å². The molecular formula is C15H19F7O4. The van der Waals surface area contributed by atoms with Crippen LogP contribution < -0.4 is 0 Å². The maximum atomic E-state index is 15.1. The normalized spacial score (nSPS) is 36.5. The molecule has 0 spiro atoms. The Balaban J connectivity index is 3.91. The van der Waals surface area contributed by atoms with Gasteiger partial charge in [-0.2, -0.15) is 30.7 Å². The summed E-state index contributed by atoms with van der Waals surface area (Å²) in [6.07, 6.45) is -8.84. The second kappa shape index (κ2) is 6.08. The quantitative estimate of drug-likeness (QED) is 0.444. The van der Waals surface area contributed by atoms with Crippen LogP contribution in [0.4, 0.5) is 30.7 Å². The van der Waals surface area contributed by atoms with Crippen molar-refractivity contribution in [2.45, 2.75) is 75.5 Å². The van der Waals surface area contributed by atoms with E-state index in [0.717, 1.165) is 6.92 Å². The molecule has 0 aromatic carbocycles. The second-order valence-corrected chi connectivity index (χ2v) is 6.26. The molecule has 0 amide bonds. The summed E-state index contributed by atoms with van der Waals surface area (Å²) in [5.74, 6) is -16.3. The highest BCUT2D eigenvalue weighted by Gasteiger charge is 2.91. The van der Waals surface area contributed by atoms with Crippen LogP contribution in [0.25, 0.3) is 0 Å². The number of hydrogen-bond acceptors (Lipinski definition) is 4. The summed E-state index contributed by atoms with van der Waals surface area (Å²) in [6, 6.07) is 0. The summed E-state index contributed by atoms with van der Waals surface area (Å²) < 4.78 is 108. The molecular weight excluding hydrogens is 377 g/mol. The van der Waals surface area contributed by atoms with Gasteiger partial charge in [0, 0.05) is 5.57 Å². The third-order valence-electron chi connectivity index (χ3n) is 4.55. The predicted molar refractivity (Wildman–Crippen MR) is 74.6 cm³/mol. The summed E-state index contributed by atoms with van der Waals surface area (Å²) in [5, 5.41) is 9.86. The lowest BCUT2D eigenvalue weighted by molar-refractivity contribution is -0.516. The highest BCUT2D eigenvalue weighted by Crippen LogP contribution is 2.65. The molecule has 3 atom stereocenters. The summed E-state index contributed by atoms with van der Waals surface area (Å²) in [6.45, 7) is 5.41. The molecule has 1 aliphatic heterocycles. The third-order valence-corrected chi connectivity index (χ3v) is 4.55. The van der Waals surface area contributed by atoms with Crippen molar-refractivity contribution in [1.82, 2.24) is 0 Å². The van der Waals surface area contributed by atoms with E-state index in [0.29, 0.717) is 13.8 Å².